The summed E-state index contributed by atoms with van der Waals surface area (Å²) < 4.78 is 0. The first kappa shape index (κ1) is 21.1. The Hall–Kier alpha value is -2.79. The van der Waals surface area contributed by atoms with Crippen molar-refractivity contribution in [2.24, 2.45) is 4.99 Å². The third-order valence-electron chi connectivity index (χ3n) is 6.40. The van der Waals surface area contributed by atoms with Crippen LogP contribution in [0.3, 0.4) is 0 Å². The molecule has 1 saturated heterocycles. The van der Waals surface area contributed by atoms with E-state index in [1.165, 1.54) is 42.2 Å². The molecule has 0 N–H and O–H groups in total. The van der Waals surface area contributed by atoms with E-state index in [2.05, 4.69) is 49.1 Å². The van der Waals surface area contributed by atoms with Gasteiger partial charge in [-0.3, -0.25) is 14.7 Å². The summed E-state index contributed by atoms with van der Waals surface area (Å²) in [6, 6.07) is 16.7. The highest BCUT2D eigenvalue weighted by molar-refractivity contribution is 8.19. The number of aryl methyl sites for hydroxylation is 1. The van der Waals surface area contributed by atoms with Gasteiger partial charge in [-0.1, -0.05) is 55.2 Å². The Bertz CT molecular complexity index is 1110. The number of hydrogen-bond acceptors (Lipinski definition) is 4. The molecule has 2 aromatic carbocycles. The molecule has 2 aromatic rings. The Morgan fingerprint density at radius 1 is 1.03 bits per heavy atom. The molecule has 0 atom stereocenters. The number of likely N-dealkylation sites (N-methyl/N-ethyl adjacent to an activating group) is 1. The van der Waals surface area contributed by atoms with Crippen molar-refractivity contribution < 1.29 is 4.79 Å². The van der Waals surface area contributed by atoms with Gasteiger partial charge < -0.3 is 4.90 Å². The van der Waals surface area contributed by atoms with Crippen LogP contribution in [0.15, 0.2) is 70.2 Å². The van der Waals surface area contributed by atoms with Crippen molar-refractivity contribution in [1.29, 1.82) is 0 Å². The lowest BCUT2D eigenvalue weighted by molar-refractivity contribution is -0.113. The van der Waals surface area contributed by atoms with E-state index in [9.17, 15) is 4.79 Å². The first-order chi connectivity index (χ1) is 15.7. The average molecular weight is 444 g/mol. The lowest BCUT2D eigenvalue weighted by Gasteiger charge is -2.30. The van der Waals surface area contributed by atoms with Crippen molar-refractivity contribution in [2.75, 3.05) is 16.3 Å². The highest BCUT2D eigenvalue weighted by atomic mass is 32.2. The minimum atomic E-state index is 0.0180. The van der Waals surface area contributed by atoms with E-state index in [-0.39, 0.29) is 5.91 Å². The van der Waals surface area contributed by atoms with Crippen molar-refractivity contribution in [1.82, 2.24) is 0 Å². The first-order valence-electron chi connectivity index (χ1n) is 11.6. The predicted molar refractivity (Wildman–Crippen MR) is 136 cm³/mol. The average Bonchev–Trinajstić information content (AvgIpc) is 3.14. The number of benzene rings is 2. The third-order valence-corrected chi connectivity index (χ3v) is 7.46. The monoisotopic (exact) mass is 443 g/mol. The Kier molecular flexibility index (Phi) is 5.92. The second kappa shape index (κ2) is 8.99. The molecule has 0 unspecified atom stereocenters. The number of allylic oxidation sites excluding steroid dienone is 1. The van der Waals surface area contributed by atoms with Gasteiger partial charge in [-0.15, -0.1) is 0 Å². The Labute approximate surface area is 194 Å². The maximum Gasteiger partial charge on any atom is 0.273 e. The molecular formula is C27H29N3OS. The van der Waals surface area contributed by atoms with Gasteiger partial charge in [0.25, 0.3) is 5.91 Å². The number of amides is 1. The van der Waals surface area contributed by atoms with Crippen LogP contribution < -0.4 is 9.80 Å². The van der Waals surface area contributed by atoms with Crippen LogP contribution in [0, 0.1) is 6.92 Å². The van der Waals surface area contributed by atoms with E-state index in [0.29, 0.717) is 6.04 Å². The van der Waals surface area contributed by atoms with Crippen molar-refractivity contribution in [3.63, 3.8) is 0 Å². The smallest absolute Gasteiger partial charge is 0.273 e. The summed E-state index contributed by atoms with van der Waals surface area (Å²) in [7, 11) is 0. The van der Waals surface area contributed by atoms with Crippen LogP contribution in [-0.2, 0) is 4.79 Å². The lowest BCUT2D eigenvalue weighted by atomic mass is 9.96. The molecule has 32 heavy (non-hydrogen) atoms. The summed E-state index contributed by atoms with van der Waals surface area (Å²) in [4.78, 5) is 23.7. The highest BCUT2D eigenvalue weighted by Gasteiger charge is 2.38. The Balaban J connectivity index is 1.59. The molecule has 2 fully saturated rings. The normalized spacial score (nSPS) is 22.7. The summed E-state index contributed by atoms with van der Waals surface area (Å²) in [5.74, 6) is 0.0180. The maximum atomic E-state index is 13.8. The van der Waals surface area contributed by atoms with Gasteiger partial charge in [0.05, 0.1) is 17.4 Å². The van der Waals surface area contributed by atoms with Crippen LogP contribution in [0.4, 0.5) is 11.4 Å². The topological polar surface area (TPSA) is 35.9 Å². The standard InChI is InChI=1S/C27H29N3OS/c1-3-29-23-16-14-19(2)18-20(23)15-17-24(29)25-26(31)30(22-12-8-5-9-13-22)27(32-25)28-21-10-6-4-7-11-21/h5,8-9,12-18,21H,3-4,6-7,10-11H2,1-2H3. The van der Waals surface area contributed by atoms with Crippen LogP contribution in [0.1, 0.15) is 50.2 Å². The molecule has 5 heteroatoms. The molecule has 0 aromatic heterocycles. The van der Waals surface area contributed by atoms with Gasteiger partial charge in [-0.05, 0) is 74.4 Å². The van der Waals surface area contributed by atoms with Crippen molar-refractivity contribution in [2.45, 2.75) is 52.0 Å². The fraction of sp³-hybridized carbons (Fsp3) is 0.333. The van der Waals surface area contributed by atoms with Crippen LogP contribution >= 0.6 is 11.8 Å². The molecule has 164 valence electrons. The number of rotatable bonds is 3. The predicted octanol–water partition coefficient (Wildman–Crippen LogP) is 6.53. The molecule has 1 aliphatic carbocycles. The van der Waals surface area contributed by atoms with Crippen LogP contribution in [0.5, 0.6) is 0 Å². The van der Waals surface area contributed by atoms with E-state index in [0.717, 1.165) is 46.5 Å². The summed E-state index contributed by atoms with van der Waals surface area (Å²) >= 11 is 1.53. The van der Waals surface area contributed by atoms with Crippen LogP contribution in [-0.4, -0.2) is 23.7 Å². The van der Waals surface area contributed by atoms with Gasteiger partial charge in [0.15, 0.2) is 5.17 Å². The molecule has 3 aliphatic rings. The molecule has 0 bridgehead atoms. The van der Waals surface area contributed by atoms with E-state index in [4.69, 9.17) is 4.99 Å². The van der Waals surface area contributed by atoms with Crippen LogP contribution in [0.2, 0.25) is 0 Å². The molecule has 5 rings (SSSR count). The SMILES string of the molecule is CCN1C(=C2SC(=NC3CCCCC3)N(c3ccccc3)C2=O)C=Cc2cc(C)ccc21. The summed E-state index contributed by atoms with van der Waals surface area (Å²) in [6.07, 6.45) is 10.2. The zero-order chi connectivity index (χ0) is 22.1. The van der Waals surface area contributed by atoms with E-state index in [1.807, 2.05) is 35.2 Å². The maximum absolute atomic E-state index is 13.8. The van der Waals surface area contributed by atoms with Gasteiger partial charge in [0.1, 0.15) is 4.91 Å². The second-order valence-electron chi connectivity index (χ2n) is 8.64. The zero-order valence-corrected chi connectivity index (χ0v) is 19.6. The number of aliphatic imine (C=N–C) groups is 1. The van der Waals surface area contributed by atoms with Gasteiger partial charge in [-0.25, -0.2) is 0 Å². The van der Waals surface area contributed by atoms with Gasteiger partial charge in [0, 0.05) is 12.2 Å². The molecule has 2 heterocycles. The summed E-state index contributed by atoms with van der Waals surface area (Å²) in [5, 5.41) is 0.815. The third kappa shape index (κ3) is 3.90. The minimum absolute atomic E-state index is 0.0180. The summed E-state index contributed by atoms with van der Waals surface area (Å²) in [6.45, 7) is 5.05. The summed E-state index contributed by atoms with van der Waals surface area (Å²) in [5.41, 5.74) is 5.44. The van der Waals surface area contributed by atoms with E-state index in [1.54, 1.807) is 0 Å². The van der Waals surface area contributed by atoms with E-state index < -0.39 is 0 Å². The van der Waals surface area contributed by atoms with Gasteiger partial charge in [0.2, 0.25) is 0 Å². The van der Waals surface area contributed by atoms with E-state index >= 15 is 0 Å². The Morgan fingerprint density at radius 3 is 2.56 bits per heavy atom. The molecule has 0 radical (unpaired) electrons. The number of thioether (sulfide) groups is 1. The Morgan fingerprint density at radius 2 is 1.81 bits per heavy atom. The highest BCUT2D eigenvalue weighted by Crippen LogP contribution is 2.42. The van der Waals surface area contributed by atoms with Crippen molar-refractivity contribution >= 4 is 40.3 Å². The molecule has 1 saturated carbocycles. The number of carbonyl (C=O) groups excluding carboxylic acids is 1. The molecule has 2 aliphatic heterocycles. The largest absolute Gasteiger partial charge is 0.340 e. The number of carbonyl (C=O) groups is 1. The number of hydrogen-bond donors (Lipinski definition) is 0. The van der Waals surface area contributed by atoms with Crippen molar-refractivity contribution in [3.05, 3.63) is 76.3 Å². The second-order valence-corrected chi connectivity index (χ2v) is 9.61. The minimum Gasteiger partial charge on any atom is -0.340 e. The first-order valence-corrected chi connectivity index (χ1v) is 12.4. The number of para-hydroxylation sites is 1. The molecular weight excluding hydrogens is 414 g/mol. The van der Waals surface area contributed by atoms with Crippen molar-refractivity contribution in [3.8, 4) is 0 Å². The van der Waals surface area contributed by atoms with Crippen LogP contribution in [0.25, 0.3) is 6.08 Å². The fourth-order valence-corrected chi connectivity index (χ4v) is 5.89. The van der Waals surface area contributed by atoms with Gasteiger partial charge in [-0.2, -0.15) is 0 Å². The fourth-order valence-electron chi connectivity index (χ4n) is 4.77. The number of nitrogens with zero attached hydrogens (tertiary/aromatic N) is 3. The number of amidine groups is 1. The number of fused-ring (bicyclic) bond motifs is 1. The molecule has 1 amide bonds. The molecule has 4 nitrogen and oxygen atoms in total. The quantitative estimate of drug-likeness (QED) is 0.506. The number of anilines is 2. The lowest BCUT2D eigenvalue weighted by Crippen LogP contribution is -2.31. The van der Waals surface area contributed by atoms with Gasteiger partial charge >= 0.3 is 0 Å². The molecule has 0 spiro atoms. The zero-order valence-electron chi connectivity index (χ0n) is 18.8.